The highest BCUT2D eigenvalue weighted by Crippen LogP contribution is 2.33. The lowest BCUT2D eigenvalue weighted by atomic mass is 10.1. The van der Waals surface area contributed by atoms with E-state index in [1.165, 1.54) is 88.4 Å². The molecule has 0 aromatic carbocycles. The maximum Gasteiger partial charge on any atom is 0.330 e. The Hall–Kier alpha value is -10.4. The minimum atomic E-state index is -1.00. The Morgan fingerprint density at radius 3 is 0.926 bits per heavy atom. The minimum absolute atomic E-state index is 0.0506. The Balaban J connectivity index is 0.854. The summed E-state index contributed by atoms with van der Waals surface area (Å²) in [6, 6.07) is -3.70. The molecule has 5 aromatic heterocycles. The zero-order chi connectivity index (χ0) is 68.3. The third-order valence-electron chi connectivity index (χ3n) is 16.9. The van der Waals surface area contributed by atoms with Crippen molar-refractivity contribution in [1.82, 2.24) is 69.0 Å². The summed E-state index contributed by atoms with van der Waals surface area (Å²) in [5, 5.41) is 26.5. The molecule has 95 heavy (non-hydrogen) atoms. The Morgan fingerprint density at radius 2 is 0.663 bits per heavy atom. The van der Waals surface area contributed by atoms with Gasteiger partial charge >= 0.3 is 28.4 Å². The zero-order valence-corrected chi connectivity index (χ0v) is 51.9. The maximum absolute atomic E-state index is 13.3. The molecular weight excluding hydrogens is 1250 g/mol. The molecule has 510 valence electrons. The lowest BCUT2D eigenvalue weighted by Gasteiger charge is -2.22. The summed E-state index contributed by atoms with van der Waals surface area (Å²) in [5.74, 6) is -0.514. The first kappa shape index (κ1) is 67.4. The largest absolute Gasteiger partial charge is 0.394 e. The Bertz CT molecular complexity index is 4530. The number of azide groups is 1. The molecule has 0 amide bonds. The molecule has 5 saturated heterocycles. The van der Waals surface area contributed by atoms with E-state index in [-0.39, 0.29) is 110 Å². The molecule has 0 radical (unpaired) electrons. The summed E-state index contributed by atoms with van der Waals surface area (Å²) in [6.07, 6.45) is -2.02. The number of aliphatic hydroxyl groups is 1. The second kappa shape index (κ2) is 28.4. The van der Waals surface area contributed by atoms with Gasteiger partial charge in [-0.1, -0.05) is 5.11 Å². The molecular formula is C54H73N25O16. The van der Waals surface area contributed by atoms with E-state index >= 15 is 0 Å². The lowest BCUT2D eigenvalue weighted by molar-refractivity contribution is -0.0282. The number of H-pyrrole nitrogens is 5. The fourth-order valence-electron chi connectivity index (χ4n) is 11.8. The fourth-order valence-corrected chi connectivity index (χ4v) is 11.8. The van der Waals surface area contributed by atoms with Gasteiger partial charge in [0.2, 0.25) is 0 Å². The highest BCUT2D eigenvalue weighted by atomic mass is 16.5. The van der Waals surface area contributed by atoms with Gasteiger partial charge in [0.05, 0.1) is 69.1 Å². The SMILES string of the molecule is Cc1cn([C@H]2C[C@H](N=[N+]=[N-])[C@@H](CN=C(N)N[C@H]3C[C@H](n4cc(C)c(=O)[nH]c4=O)O[C@@H]3CN=C(N)N[C@H]3C[C@H](n4cc(C)c(=O)[nH]c4=O)O[C@@H]3CN=C(N)N[C@H]3C[C@H](n4cc(C)c(=O)[nH]c4=O)O[C@@H]3CN=C(N)N[C@H]3C[C@H](n4cc(C)c(=O)[nH]c4=O)O[C@@H]3CO)O2)c(=O)[nH]c1=O. The van der Waals surface area contributed by atoms with Crippen LogP contribution in [0.15, 0.2) is 104 Å². The zero-order valence-electron chi connectivity index (χ0n) is 51.9. The van der Waals surface area contributed by atoms with Crippen LogP contribution in [0.4, 0.5) is 0 Å². The number of nitrogens with one attached hydrogen (secondary N) is 9. The number of aliphatic imine (C=N–C) groups is 4. The van der Waals surface area contributed by atoms with Crippen molar-refractivity contribution < 1.29 is 28.8 Å². The maximum atomic E-state index is 13.3. The number of nitrogens with zero attached hydrogens (tertiary/aromatic N) is 12. The van der Waals surface area contributed by atoms with Gasteiger partial charge in [-0.2, -0.15) is 0 Å². The number of nitrogens with two attached hydrogens (primary N) is 4. The summed E-state index contributed by atoms with van der Waals surface area (Å²) in [4.78, 5) is 159. The van der Waals surface area contributed by atoms with Gasteiger partial charge in [0.15, 0.2) is 23.8 Å². The summed E-state index contributed by atoms with van der Waals surface area (Å²) in [5.41, 5.74) is 30.0. The van der Waals surface area contributed by atoms with Gasteiger partial charge in [0, 0.05) is 95.8 Å². The number of rotatable bonds is 19. The number of aliphatic hydroxyl groups excluding tert-OH is 1. The number of ether oxygens (including phenoxy) is 5. The van der Waals surface area contributed by atoms with Crippen molar-refractivity contribution in [3.8, 4) is 0 Å². The molecule has 0 bridgehead atoms. The van der Waals surface area contributed by atoms with Crippen molar-refractivity contribution in [2.24, 2.45) is 48.0 Å². The standard InChI is InChI=1S/C54H73N25O16/c1-21-15-75(50(86)68-41(21)81)36-6-26(64-46(55)61-12-32-28(8-38(92-32)77-17-23(3)43(83)70-52(77)88)66-48(57)63-14-34-30(73-74-59)10-40(94-34)79-19-25(5)45(85)72-54(79)90)31(91-36)11-60-47(56)65-27-7-37(76-16-22(2)42(82)69-51(76)87)93-33(27)13-62-49(58)67-29-9-39(95-35(29)20-80)78-18-24(4)44(84)71-53(78)89/h15-19,26-40,80H,6-14,20H2,1-5H3,(H3,55,61,64)(H3,56,60,65)(H3,57,63,66)(H3,58,62,67)(H,68,81,86)(H,69,82,87)(H,70,83,88)(H,71,84,89)(H,72,85,90)/t26-,27-,28-,29-,30-,31+,32+,33+,34+,35+,36+,37+,38+,39+,40+/m0/s1. The van der Waals surface area contributed by atoms with Gasteiger partial charge < -0.3 is 73.0 Å². The van der Waals surface area contributed by atoms with Crippen LogP contribution in [0.1, 0.15) is 91.1 Å². The first-order valence-electron chi connectivity index (χ1n) is 30.0. The van der Waals surface area contributed by atoms with Crippen molar-refractivity contribution in [2.45, 2.75) is 159 Å². The first-order chi connectivity index (χ1) is 45.2. The fraction of sp³-hybridized carbons (Fsp3) is 0.556. The molecule has 0 aliphatic carbocycles. The molecule has 15 atom stereocenters. The third kappa shape index (κ3) is 15.3. The molecule has 10 heterocycles. The van der Waals surface area contributed by atoms with Crippen LogP contribution in [0.2, 0.25) is 0 Å². The van der Waals surface area contributed by atoms with Crippen LogP contribution in [0, 0.1) is 34.6 Å². The summed E-state index contributed by atoms with van der Waals surface area (Å²) < 4.78 is 37.3. The van der Waals surface area contributed by atoms with E-state index in [0.717, 1.165) is 0 Å². The number of guanidine groups is 4. The van der Waals surface area contributed by atoms with E-state index in [9.17, 15) is 58.6 Å². The van der Waals surface area contributed by atoms with Crippen LogP contribution in [-0.2, 0) is 23.7 Å². The van der Waals surface area contributed by atoms with Gasteiger partial charge in [-0.3, -0.25) is 91.7 Å². The molecule has 5 aromatic rings. The molecule has 10 rings (SSSR count). The van der Waals surface area contributed by atoms with Gasteiger partial charge in [0.25, 0.3) is 27.8 Å². The minimum Gasteiger partial charge on any atom is -0.394 e. The van der Waals surface area contributed by atoms with Gasteiger partial charge in [-0.25, -0.2) is 24.0 Å². The van der Waals surface area contributed by atoms with Crippen LogP contribution < -0.4 is 100 Å². The van der Waals surface area contributed by atoms with E-state index < -0.39 is 155 Å². The van der Waals surface area contributed by atoms with Crippen molar-refractivity contribution in [3.05, 3.63) is 173 Å². The molecule has 5 aliphatic heterocycles. The van der Waals surface area contributed by atoms with Crippen molar-refractivity contribution in [3.63, 3.8) is 0 Å². The molecule has 0 unspecified atom stereocenters. The summed E-state index contributed by atoms with van der Waals surface area (Å²) >= 11 is 0. The van der Waals surface area contributed by atoms with Gasteiger partial charge in [-0.15, -0.1) is 0 Å². The molecule has 0 spiro atoms. The van der Waals surface area contributed by atoms with E-state index in [4.69, 9.17) is 46.6 Å². The molecule has 5 fully saturated rings. The number of hydrogen-bond donors (Lipinski definition) is 14. The molecule has 0 saturated carbocycles. The van der Waals surface area contributed by atoms with Crippen LogP contribution in [0.3, 0.4) is 0 Å². The monoisotopic (exact) mass is 1330 g/mol. The normalized spacial score (nSPS) is 28.0. The van der Waals surface area contributed by atoms with Crippen LogP contribution >= 0.6 is 0 Å². The summed E-state index contributed by atoms with van der Waals surface area (Å²) in [7, 11) is 0. The van der Waals surface area contributed by atoms with Gasteiger partial charge in [-0.05, 0) is 40.1 Å². The second-order valence-corrected chi connectivity index (χ2v) is 23.6. The Kier molecular flexibility index (Phi) is 20.2. The molecule has 18 N–H and O–H groups in total. The molecule has 41 nitrogen and oxygen atoms in total. The van der Waals surface area contributed by atoms with Crippen LogP contribution in [-0.4, -0.2) is 170 Å². The highest BCUT2D eigenvalue weighted by Gasteiger charge is 2.43. The molecule has 5 aliphatic rings. The van der Waals surface area contributed by atoms with Crippen molar-refractivity contribution in [2.75, 3.05) is 32.8 Å². The molecule has 41 heteroatoms. The van der Waals surface area contributed by atoms with Crippen LogP contribution in [0.25, 0.3) is 10.4 Å². The predicted octanol–water partition coefficient (Wildman–Crippen LogP) is -6.52. The predicted molar refractivity (Wildman–Crippen MR) is 337 cm³/mol. The first-order valence-corrected chi connectivity index (χ1v) is 30.0. The number of hydrogen-bond acceptors (Lipinski definition) is 21. The quantitative estimate of drug-likeness (QED) is 0.0120. The second-order valence-electron chi connectivity index (χ2n) is 23.6. The van der Waals surface area contributed by atoms with E-state index in [2.05, 4.69) is 76.2 Å². The van der Waals surface area contributed by atoms with E-state index in [1.807, 2.05) is 0 Å². The highest BCUT2D eigenvalue weighted by molar-refractivity contribution is 5.80. The number of aromatic nitrogens is 10. The Labute approximate surface area is 533 Å². The Morgan fingerprint density at radius 1 is 0.432 bits per heavy atom. The third-order valence-corrected chi connectivity index (χ3v) is 16.9. The number of aromatic amines is 5. The van der Waals surface area contributed by atoms with Gasteiger partial charge in [0.1, 0.15) is 55.6 Å². The average molecular weight is 1330 g/mol. The smallest absolute Gasteiger partial charge is 0.330 e. The lowest BCUT2D eigenvalue weighted by Crippen LogP contribution is -2.48. The van der Waals surface area contributed by atoms with Crippen LogP contribution in [0.5, 0.6) is 0 Å². The summed E-state index contributed by atoms with van der Waals surface area (Å²) in [6.45, 7) is 6.43. The van der Waals surface area contributed by atoms with E-state index in [1.54, 1.807) is 0 Å². The van der Waals surface area contributed by atoms with Crippen molar-refractivity contribution in [1.29, 1.82) is 0 Å². The average Bonchev–Trinajstić information content (AvgIpc) is 1.74. The number of aryl methyl sites for hydroxylation is 5. The van der Waals surface area contributed by atoms with E-state index in [0.29, 0.717) is 0 Å². The van der Waals surface area contributed by atoms with Crippen molar-refractivity contribution >= 4 is 23.8 Å². The topological polar surface area (TPSA) is 591 Å².